The lowest BCUT2D eigenvalue weighted by atomic mass is 9.89. The van der Waals surface area contributed by atoms with Crippen LogP contribution >= 0.6 is 0 Å². The molecule has 4 heteroatoms. The van der Waals surface area contributed by atoms with E-state index in [0.717, 1.165) is 30.7 Å². The normalized spacial score (nSPS) is 18.4. The van der Waals surface area contributed by atoms with E-state index < -0.39 is 0 Å². The van der Waals surface area contributed by atoms with Crippen molar-refractivity contribution < 1.29 is 9.13 Å². The van der Waals surface area contributed by atoms with Crippen LogP contribution in [-0.2, 0) is 0 Å². The van der Waals surface area contributed by atoms with E-state index in [9.17, 15) is 4.39 Å². The number of ether oxygens (including phenoxy) is 1. The quantitative estimate of drug-likeness (QED) is 0.813. The molecule has 1 unspecified atom stereocenters. The van der Waals surface area contributed by atoms with Crippen molar-refractivity contribution in [2.24, 2.45) is 5.41 Å². The summed E-state index contributed by atoms with van der Waals surface area (Å²) in [7, 11) is 5.50. The number of benzene rings is 1. The van der Waals surface area contributed by atoms with Gasteiger partial charge in [0.25, 0.3) is 0 Å². The fourth-order valence-electron chi connectivity index (χ4n) is 2.80. The van der Waals surface area contributed by atoms with Crippen LogP contribution in [0.3, 0.4) is 0 Å². The molecule has 0 saturated heterocycles. The van der Waals surface area contributed by atoms with E-state index in [1.807, 2.05) is 14.1 Å². The summed E-state index contributed by atoms with van der Waals surface area (Å²) in [5.74, 6) is 0.532. The zero-order chi connectivity index (χ0) is 13.2. The molecule has 0 aromatic heterocycles. The maximum Gasteiger partial charge on any atom is 0.123 e. The first-order chi connectivity index (χ1) is 8.66. The van der Waals surface area contributed by atoms with Crippen LogP contribution in [0.5, 0.6) is 5.75 Å². The van der Waals surface area contributed by atoms with Gasteiger partial charge in [0, 0.05) is 23.6 Å². The lowest BCUT2D eigenvalue weighted by Crippen LogP contribution is -2.33. The highest BCUT2D eigenvalue weighted by Crippen LogP contribution is 2.55. The zero-order valence-electron chi connectivity index (χ0n) is 11.2. The Morgan fingerprint density at radius 2 is 2.11 bits per heavy atom. The first-order valence-corrected chi connectivity index (χ1v) is 6.32. The lowest BCUT2D eigenvalue weighted by Gasteiger charge is -2.28. The molecule has 1 aromatic rings. The lowest BCUT2D eigenvalue weighted by molar-refractivity contribution is 0.328. The van der Waals surface area contributed by atoms with Crippen LogP contribution in [0, 0.1) is 11.2 Å². The van der Waals surface area contributed by atoms with E-state index in [0.29, 0.717) is 0 Å². The number of hydrogen-bond acceptors (Lipinski definition) is 3. The van der Waals surface area contributed by atoms with Crippen molar-refractivity contribution in [2.45, 2.75) is 18.9 Å². The molecule has 3 nitrogen and oxygen atoms in total. The summed E-state index contributed by atoms with van der Waals surface area (Å²) in [5, 5.41) is 6.55. The van der Waals surface area contributed by atoms with Gasteiger partial charge in [-0.1, -0.05) is 0 Å². The standard InChI is InChI=1S/C14H21FN2O/c1-16-9-14(6-7-14)13(17-2)11-8-10(15)4-5-12(11)18-3/h4-5,8,13,16-17H,6-7,9H2,1-3H3. The third kappa shape index (κ3) is 2.35. The first-order valence-electron chi connectivity index (χ1n) is 6.32. The second-order valence-corrected chi connectivity index (χ2v) is 5.00. The number of rotatable bonds is 6. The number of halogens is 1. The molecule has 1 atom stereocenters. The molecule has 1 aliphatic carbocycles. The monoisotopic (exact) mass is 252 g/mol. The van der Waals surface area contributed by atoms with E-state index in [4.69, 9.17) is 4.74 Å². The van der Waals surface area contributed by atoms with Gasteiger partial charge in [0.05, 0.1) is 7.11 Å². The highest BCUT2D eigenvalue weighted by molar-refractivity contribution is 5.39. The van der Waals surface area contributed by atoms with Gasteiger partial charge in [-0.2, -0.15) is 0 Å². The Labute approximate surface area is 108 Å². The second-order valence-electron chi connectivity index (χ2n) is 5.00. The Bertz CT molecular complexity index is 418. The molecule has 18 heavy (non-hydrogen) atoms. The average molecular weight is 252 g/mol. The summed E-state index contributed by atoms with van der Waals surface area (Å²) < 4.78 is 18.8. The van der Waals surface area contributed by atoms with Crippen LogP contribution in [0.4, 0.5) is 4.39 Å². The minimum Gasteiger partial charge on any atom is -0.496 e. The summed E-state index contributed by atoms with van der Waals surface area (Å²) in [6.45, 7) is 0.929. The van der Waals surface area contributed by atoms with Crippen molar-refractivity contribution in [3.63, 3.8) is 0 Å². The van der Waals surface area contributed by atoms with Crippen molar-refractivity contribution in [2.75, 3.05) is 27.7 Å². The Morgan fingerprint density at radius 3 is 2.61 bits per heavy atom. The molecular weight excluding hydrogens is 231 g/mol. The van der Waals surface area contributed by atoms with Crippen molar-refractivity contribution in [1.29, 1.82) is 0 Å². The summed E-state index contributed by atoms with van der Waals surface area (Å²) in [5.41, 5.74) is 1.10. The Hall–Kier alpha value is -1.13. The zero-order valence-corrected chi connectivity index (χ0v) is 11.2. The molecule has 0 radical (unpaired) electrons. The van der Waals surface area contributed by atoms with Crippen LogP contribution in [0.2, 0.25) is 0 Å². The molecule has 1 saturated carbocycles. The van der Waals surface area contributed by atoms with Gasteiger partial charge in [0.1, 0.15) is 11.6 Å². The van der Waals surface area contributed by atoms with Gasteiger partial charge >= 0.3 is 0 Å². The summed E-state index contributed by atoms with van der Waals surface area (Å²) in [4.78, 5) is 0. The minimum absolute atomic E-state index is 0.121. The molecule has 0 amide bonds. The highest BCUT2D eigenvalue weighted by Gasteiger charge is 2.49. The highest BCUT2D eigenvalue weighted by atomic mass is 19.1. The third-order valence-electron chi connectivity index (χ3n) is 3.82. The van der Waals surface area contributed by atoms with Crippen LogP contribution in [0.15, 0.2) is 18.2 Å². The van der Waals surface area contributed by atoms with Gasteiger partial charge in [-0.3, -0.25) is 0 Å². The average Bonchev–Trinajstić information content (AvgIpc) is 3.11. The number of hydrogen-bond donors (Lipinski definition) is 2. The van der Waals surface area contributed by atoms with E-state index in [2.05, 4.69) is 10.6 Å². The second kappa shape index (κ2) is 5.24. The number of methoxy groups -OCH3 is 1. The summed E-state index contributed by atoms with van der Waals surface area (Å²) in [6, 6.07) is 4.84. The molecule has 1 aliphatic rings. The van der Waals surface area contributed by atoms with E-state index >= 15 is 0 Å². The summed E-state index contributed by atoms with van der Waals surface area (Å²) >= 11 is 0. The Balaban J connectivity index is 2.35. The maximum atomic E-state index is 13.5. The van der Waals surface area contributed by atoms with Crippen molar-refractivity contribution >= 4 is 0 Å². The van der Waals surface area contributed by atoms with Crippen LogP contribution in [0.1, 0.15) is 24.4 Å². The fourth-order valence-corrected chi connectivity index (χ4v) is 2.80. The predicted octanol–water partition coefficient (Wildman–Crippen LogP) is 2.09. The van der Waals surface area contributed by atoms with Gasteiger partial charge in [-0.15, -0.1) is 0 Å². The predicted molar refractivity (Wildman–Crippen MR) is 70.3 cm³/mol. The van der Waals surface area contributed by atoms with E-state index in [-0.39, 0.29) is 17.3 Å². The molecule has 1 fully saturated rings. The first kappa shape index (κ1) is 13.3. The van der Waals surface area contributed by atoms with E-state index in [1.54, 1.807) is 19.2 Å². The molecule has 0 bridgehead atoms. The van der Waals surface area contributed by atoms with Gasteiger partial charge < -0.3 is 15.4 Å². The van der Waals surface area contributed by atoms with Crippen molar-refractivity contribution in [1.82, 2.24) is 10.6 Å². The minimum atomic E-state index is -0.216. The van der Waals surface area contributed by atoms with Crippen LogP contribution in [-0.4, -0.2) is 27.7 Å². The Kier molecular flexibility index (Phi) is 3.88. The van der Waals surface area contributed by atoms with Gasteiger partial charge in [-0.05, 0) is 45.1 Å². The number of nitrogens with one attached hydrogen (secondary N) is 2. The fraction of sp³-hybridized carbons (Fsp3) is 0.571. The smallest absolute Gasteiger partial charge is 0.123 e. The SMILES string of the molecule is CNCC1(C(NC)c2cc(F)ccc2OC)CC1. The van der Waals surface area contributed by atoms with Crippen molar-refractivity contribution in [3.05, 3.63) is 29.6 Å². The van der Waals surface area contributed by atoms with Gasteiger partial charge in [0.2, 0.25) is 0 Å². The molecular formula is C14H21FN2O. The van der Waals surface area contributed by atoms with Crippen LogP contribution < -0.4 is 15.4 Å². The van der Waals surface area contributed by atoms with Gasteiger partial charge in [0.15, 0.2) is 0 Å². The summed E-state index contributed by atoms with van der Waals surface area (Å²) in [6.07, 6.45) is 2.30. The molecule has 0 heterocycles. The largest absolute Gasteiger partial charge is 0.496 e. The molecule has 1 aromatic carbocycles. The third-order valence-corrected chi connectivity index (χ3v) is 3.82. The van der Waals surface area contributed by atoms with Crippen molar-refractivity contribution in [3.8, 4) is 5.75 Å². The molecule has 0 aliphatic heterocycles. The maximum absolute atomic E-state index is 13.5. The molecule has 0 spiro atoms. The van der Waals surface area contributed by atoms with E-state index in [1.165, 1.54) is 6.07 Å². The van der Waals surface area contributed by atoms with Crippen LogP contribution in [0.25, 0.3) is 0 Å². The molecule has 2 N–H and O–H groups in total. The Morgan fingerprint density at radius 1 is 1.39 bits per heavy atom. The van der Waals surface area contributed by atoms with Gasteiger partial charge in [-0.25, -0.2) is 4.39 Å². The molecule has 100 valence electrons. The molecule has 2 rings (SSSR count). The topological polar surface area (TPSA) is 33.3 Å².